The number of benzene rings is 1. The Labute approximate surface area is 118 Å². The van der Waals surface area contributed by atoms with Crippen LogP contribution < -0.4 is 15.4 Å². The van der Waals surface area contributed by atoms with Crippen molar-refractivity contribution in [1.29, 1.82) is 0 Å². The molecule has 6 heteroatoms. The lowest BCUT2D eigenvalue weighted by atomic mass is 10.2. The third-order valence-electron chi connectivity index (χ3n) is 2.57. The summed E-state index contributed by atoms with van der Waals surface area (Å²) in [6.45, 7) is 4.21. The van der Waals surface area contributed by atoms with Crippen molar-refractivity contribution in [1.82, 2.24) is 5.32 Å². The van der Waals surface area contributed by atoms with Gasteiger partial charge in [0.2, 0.25) is 0 Å². The molecule has 1 rings (SSSR count). The Bertz CT molecular complexity index is 462. The van der Waals surface area contributed by atoms with E-state index in [-0.39, 0.29) is 18.5 Å². The number of anilines is 1. The number of amides is 2. The fourth-order valence-electron chi connectivity index (χ4n) is 1.63. The highest BCUT2D eigenvalue weighted by Gasteiger charge is 2.09. The van der Waals surface area contributed by atoms with Gasteiger partial charge < -0.3 is 20.5 Å². The lowest BCUT2D eigenvalue weighted by Gasteiger charge is -2.14. The van der Waals surface area contributed by atoms with Crippen LogP contribution in [0.1, 0.15) is 26.7 Å². The largest absolute Gasteiger partial charge is 0.494 e. The predicted molar refractivity (Wildman–Crippen MR) is 76.1 cm³/mol. The summed E-state index contributed by atoms with van der Waals surface area (Å²) in [6.07, 6.45) is 0.420. The molecule has 1 atom stereocenters. The third-order valence-corrected chi connectivity index (χ3v) is 2.57. The van der Waals surface area contributed by atoms with E-state index in [1.807, 2.05) is 13.0 Å². The topological polar surface area (TPSA) is 87.7 Å². The zero-order chi connectivity index (χ0) is 15.0. The summed E-state index contributed by atoms with van der Waals surface area (Å²) < 4.78 is 5.34. The Morgan fingerprint density at radius 1 is 1.40 bits per heavy atom. The molecule has 6 nitrogen and oxygen atoms in total. The van der Waals surface area contributed by atoms with Gasteiger partial charge in [0.25, 0.3) is 0 Å². The van der Waals surface area contributed by atoms with Gasteiger partial charge in [-0.1, -0.05) is 6.07 Å². The fraction of sp³-hybridized carbons (Fsp3) is 0.429. The Hall–Kier alpha value is -2.24. The first-order valence-electron chi connectivity index (χ1n) is 6.53. The molecule has 1 unspecified atom stereocenters. The number of nitrogens with one attached hydrogen (secondary N) is 2. The maximum atomic E-state index is 11.7. The second-order valence-corrected chi connectivity index (χ2v) is 4.39. The van der Waals surface area contributed by atoms with Crippen molar-refractivity contribution in [3.63, 3.8) is 0 Å². The van der Waals surface area contributed by atoms with Gasteiger partial charge in [-0.05, 0) is 32.4 Å². The molecular formula is C14H20N2O4. The summed E-state index contributed by atoms with van der Waals surface area (Å²) in [7, 11) is 0. The first kappa shape index (κ1) is 15.8. The molecule has 0 fully saturated rings. The molecule has 0 spiro atoms. The lowest BCUT2D eigenvalue weighted by Crippen LogP contribution is -2.36. The number of carboxylic acids is 1. The fourth-order valence-corrected chi connectivity index (χ4v) is 1.63. The zero-order valence-electron chi connectivity index (χ0n) is 11.7. The third kappa shape index (κ3) is 6.08. The van der Waals surface area contributed by atoms with Crippen molar-refractivity contribution in [3.8, 4) is 5.75 Å². The number of carbonyl (C=O) groups excluding carboxylic acids is 1. The summed E-state index contributed by atoms with van der Waals surface area (Å²) >= 11 is 0. The van der Waals surface area contributed by atoms with Crippen molar-refractivity contribution in [2.75, 3.05) is 11.9 Å². The van der Waals surface area contributed by atoms with E-state index in [0.29, 0.717) is 24.5 Å². The van der Waals surface area contributed by atoms with Crippen LogP contribution in [0.25, 0.3) is 0 Å². The van der Waals surface area contributed by atoms with E-state index in [1.165, 1.54) is 0 Å². The zero-order valence-corrected chi connectivity index (χ0v) is 11.7. The molecule has 0 aromatic heterocycles. The number of ether oxygens (including phenoxy) is 1. The minimum Gasteiger partial charge on any atom is -0.494 e. The average molecular weight is 280 g/mol. The Balaban J connectivity index is 2.45. The van der Waals surface area contributed by atoms with Gasteiger partial charge in [-0.2, -0.15) is 0 Å². The molecule has 0 radical (unpaired) electrons. The molecule has 0 saturated carbocycles. The van der Waals surface area contributed by atoms with Gasteiger partial charge in [0.05, 0.1) is 6.61 Å². The van der Waals surface area contributed by atoms with Crippen molar-refractivity contribution in [2.45, 2.75) is 32.7 Å². The van der Waals surface area contributed by atoms with E-state index in [2.05, 4.69) is 10.6 Å². The summed E-state index contributed by atoms with van der Waals surface area (Å²) in [6, 6.07) is 6.50. The smallest absolute Gasteiger partial charge is 0.319 e. The van der Waals surface area contributed by atoms with E-state index < -0.39 is 5.97 Å². The molecule has 110 valence electrons. The number of hydrogen-bond donors (Lipinski definition) is 3. The molecule has 0 aliphatic rings. The maximum Gasteiger partial charge on any atom is 0.319 e. The number of carbonyl (C=O) groups is 2. The van der Waals surface area contributed by atoms with Crippen LogP contribution in [0.4, 0.5) is 10.5 Å². The molecule has 1 aromatic rings. The molecule has 0 bridgehead atoms. The SMILES string of the molecule is CCOc1cccc(NC(=O)NC(C)CCC(=O)O)c1. The highest BCUT2D eigenvalue weighted by Crippen LogP contribution is 2.17. The van der Waals surface area contributed by atoms with E-state index in [9.17, 15) is 9.59 Å². The number of aliphatic carboxylic acids is 1. The van der Waals surface area contributed by atoms with Gasteiger partial charge in [-0.25, -0.2) is 4.79 Å². The summed E-state index contributed by atoms with van der Waals surface area (Å²) in [5, 5.41) is 13.9. The minimum absolute atomic E-state index is 0.0290. The number of carboxylic acid groups (broad SMARTS) is 1. The normalized spacial score (nSPS) is 11.5. The van der Waals surface area contributed by atoms with Crippen molar-refractivity contribution >= 4 is 17.7 Å². The van der Waals surface area contributed by atoms with Crippen LogP contribution in [0.3, 0.4) is 0 Å². The first-order valence-corrected chi connectivity index (χ1v) is 6.53. The molecule has 3 N–H and O–H groups in total. The van der Waals surface area contributed by atoms with Gasteiger partial charge in [0, 0.05) is 24.2 Å². The van der Waals surface area contributed by atoms with E-state index in [4.69, 9.17) is 9.84 Å². The maximum absolute atomic E-state index is 11.7. The summed E-state index contributed by atoms with van der Waals surface area (Å²) in [5.41, 5.74) is 0.624. The number of urea groups is 1. The standard InChI is InChI=1S/C14H20N2O4/c1-3-20-12-6-4-5-11(9-12)16-14(19)15-10(2)7-8-13(17)18/h4-6,9-10H,3,7-8H2,1-2H3,(H,17,18)(H2,15,16,19). The predicted octanol–water partition coefficient (Wildman–Crippen LogP) is 2.46. The van der Waals surface area contributed by atoms with Crippen LogP contribution in [0.5, 0.6) is 5.75 Å². The van der Waals surface area contributed by atoms with Gasteiger partial charge in [0.15, 0.2) is 0 Å². The van der Waals surface area contributed by atoms with Crippen molar-refractivity contribution in [3.05, 3.63) is 24.3 Å². The Kier molecular flexibility index (Phi) is 6.36. The molecule has 1 aromatic carbocycles. The van der Waals surface area contributed by atoms with Crippen LogP contribution in [0, 0.1) is 0 Å². The van der Waals surface area contributed by atoms with E-state index >= 15 is 0 Å². The Morgan fingerprint density at radius 2 is 2.15 bits per heavy atom. The highest BCUT2D eigenvalue weighted by molar-refractivity contribution is 5.89. The van der Waals surface area contributed by atoms with Crippen molar-refractivity contribution in [2.24, 2.45) is 0 Å². The van der Waals surface area contributed by atoms with Gasteiger partial charge in [-0.3, -0.25) is 4.79 Å². The molecule has 0 aliphatic carbocycles. The second kappa shape index (κ2) is 8.04. The van der Waals surface area contributed by atoms with Gasteiger partial charge in [0.1, 0.15) is 5.75 Å². The molecule has 2 amide bonds. The number of hydrogen-bond acceptors (Lipinski definition) is 3. The van der Waals surface area contributed by atoms with E-state index in [0.717, 1.165) is 0 Å². The van der Waals surface area contributed by atoms with Crippen LogP contribution in [0.2, 0.25) is 0 Å². The van der Waals surface area contributed by atoms with Crippen molar-refractivity contribution < 1.29 is 19.4 Å². The summed E-state index contributed by atoms with van der Waals surface area (Å²) in [4.78, 5) is 22.2. The Morgan fingerprint density at radius 3 is 2.80 bits per heavy atom. The second-order valence-electron chi connectivity index (χ2n) is 4.39. The van der Waals surface area contributed by atoms with Crippen LogP contribution in [-0.4, -0.2) is 29.8 Å². The minimum atomic E-state index is -0.872. The van der Waals surface area contributed by atoms with Crippen LogP contribution >= 0.6 is 0 Å². The summed E-state index contributed by atoms with van der Waals surface area (Å²) in [5.74, 6) is -0.187. The molecule has 0 aliphatic heterocycles. The van der Waals surface area contributed by atoms with Crippen LogP contribution in [0.15, 0.2) is 24.3 Å². The quantitative estimate of drug-likeness (QED) is 0.716. The van der Waals surface area contributed by atoms with Gasteiger partial charge >= 0.3 is 12.0 Å². The number of rotatable bonds is 7. The highest BCUT2D eigenvalue weighted by atomic mass is 16.5. The first-order chi connectivity index (χ1) is 9.51. The van der Waals surface area contributed by atoms with Gasteiger partial charge in [-0.15, -0.1) is 0 Å². The molecule has 20 heavy (non-hydrogen) atoms. The monoisotopic (exact) mass is 280 g/mol. The van der Waals surface area contributed by atoms with Crippen LogP contribution in [-0.2, 0) is 4.79 Å². The molecule has 0 saturated heterocycles. The lowest BCUT2D eigenvalue weighted by molar-refractivity contribution is -0.137. The average Bonchev–Trinajstić information content (AvgIpc) is 2.37. The molecular weight excluding hydrogens is 260 g/mol. The van der Waals surface area contributed by atoms with E-state index in [1.54, 1.807) is 25.1 Å². The molecule has 0 heterocycles.